The van der Waals surface area contributed by atoms with Gasteiger partial charge in [0.05, 0.1) is 0 Å². The number of benzene rings is 1. The summed E-state index contributed by atoms with van der Waals surface area (Å²) in [6.07, 6.45) is 3.69. The van der Waals surface area contributed by atoms with E-state index in [1.807, 2.05) is 6.92 Å². The molecule has 0 radical (unpaired) electrons. The normalized spacial score (nSPS) is 10.1. The summed E-state index contributed by atoms with van der Waals surface area (Å²) in [5, 5.41) is 2.73. The lowest BCUT2D eigenvalue weighted by molar-refractivity contribution is 0.102. The van der Waals surface area contributed by atoms with Gasteiger partial charge >= 0.3 is 0 Å². The Labute approximate surface area is 105 Å². The van der Waals surface area contributed by atoms with Gasteiger partial charge in [-0.05, 0) is 42.3 Å². The molecule has 0 fully saturated rings. The van der Waals surface area contributed by atoms with Crippen LogP contribution in [0.25, 0.3) is 0 Å². The molecule has 3 nitrogen and oxygen atoms in total. The van der Waals surface area contributed by atoms with E-state index in [0.29, 0.717) is 23.2 Å². The average Bonchev–Trinajstić information content (AvgIpc) is 2.42. The maximum absolute atomic E-state index is 13.3. The Balaban J connectivity index is 2.17. The Bertz CT molecular complexity index is 555. The maximum Gasteiger partial charge on any atom is 0.255 e. The summed E-state index contributed by atoms with van der Waals surface area (Å²) in [4.78, 5) is 15.7. The van der Waals surface area contributed by atoms with E-state index in [9.17, 15) is 9.18 Å². The van der Waals surface area contributed by atoms with Crippen LogP contribution in [0.3, 0.4) is 0 Å². The molecule has 0 atom stereocenters. The molecule has 1 amide bonds. The number of halogens is 1. The molecule has 18 heavy (non-hydrogen) atoms. The summed E-state index contributed by atoms with van der Waals surface area (Å²) in [6.45, 7) is 1.87. The van der Waals surface area contributed by atoms with Crippen molar-refractivity contribution in [1.82, 2.24) is 4.98 Å². The molecular formula is C14H13FN2O. The third-order valence-corrected chi connectivity index (χ3v) is 2.63. The number of carbonyl (C=O) groups is 1. The second-order valence-corrected chi connectivity index (χ2v) is 3.85. The molecule has 0 aliphatic carbocycles. The number of hydrogen-bond acceptors (Lipinski definition) is 2. The van der Waals surface area contributed by atoms with Crippen LogP contribution < -0.4 is 5.32 Å². The molecule has 0 unspecified atom stereocenters. The van der Waals surface area contributed by atoms with E-state index in [1.165, 1.54) is 6.07 Å². The number of nitrogens with one attached hydrogen (secondary N) is 1. The van der Waals surface area contributed by atoms with Crippen molar-refractivity contribution in [1.29, 1.82) is 0 Å². The van der Waals surface area contributed by atoms with Gasteiger partial charge in [-0.1, -0.05) is 6.92 Å². The molecule has 0 saturated carbocycles. The molecule has 1 heterocycles. The molecule has 1 aromatic heterocycles. The molecule has 1 N–H and O–H groups in total. The average molecular weight is 244 g/mol. The first-order valence-corrected chi connectivity index (χ1v) is 5.70. The highest BCUT2D eigenvalue weighted by Gasteiger charge is 2.07. The summed E-state index contributed by atoms with van der Waals surface area (Å²) >= 11 is 0. The zero-order chi connectivity index (χ0) is 13.0. The topological polar surface area (TPSA) is 42.0 Å². The third-order valence-electron chi connectivity index (χ3n) is 2.63. The van der Waals surface area contributed by atoms with Crippen molar-refractivity contribution in [2.75, 3.05) is 5.32 Å². The minimum Gasteiger partial charge on any atom is -0.322 e. The fraction of sp³-hybridized carbons (Fsp3) is 0.143. The highest BCUT2D eigenvalue weighted by molar-refractivity contribution is 6.04. The Morgan fingerprint density at radius 3 is 2.67 bits per heavy atom. The molecule has 1 aromatic carbocycles. The summed E-state index contributed by atoms with van der Waals surface area (Å²) in [5.74, 6) is -0.481. The van der Waals surface area contributed by atoms with Crippen LogP contribution in [0.4, 0.5) is 10.1 Å². The zero-order valence-electron chi connectivity index (χ0n) is 9.98. The van der Waals surface area contributed by atoms with Crippen LogP contribution in [-0.2, 0) is 6.42 Å². The van der Waals surface area contributed by atoms with Crippen LogP contribution in [0, 0.1) is 5.82 Å². The van der Waals surface area contributed by atoms with Crippen molar-refractivity contribution < 1.29 is 9.18 Å². The summed E-state index contributed by atoms with van der Waals surface area (Å²) in [7, 11) is 0. The summed E-state index contributed by atoms with van der Waals surface area (Å²) in [6, 6.07) is 7.81. The number of rotatable bonds is 3. The zero-order valence-corrected chi connectivity index (χ0v) is 9.98. The first-order valence-electron chi connectivity index (χ1n) is 5.70. The number of aromatic nitrogens is 1. The third kappa shape index (κ3) is 2.71. The van der Waals surface area contributed by atoms with E-state index in [0.717, 1.165) is 0 Å². The second kappa shape index (κ2) is 5.40. The van der Waals surface area contributed by atoms with E-state index < -0.39 is 0 Å². The van der Waals surface area contributed by atoms with Crippen LogP contribution in [-0.4, -0.2) is 10.9 Å². The van der Waals surface area contributed by atoms with E-state index in [2.05, 4.69) is 10.3 Å². The lowest BCUT2D eigenvalue weighted by Crippen LogP contribution is -2.12. The molecule has 0 aliphatic rings. The van der Waals surface area contributed by atoms with Crippen LogP contribution in [0.1, 0.15) is 22.8 Å². The van der Waals surface area contributed by atoms with Gasteiger partial charge in [-0.25, -0.2) is 4.39 Å². The van der Waals surface area contributed by atoms with Crippen molar-refractivity contribution in [3.63, 3.8) is 0 Å². The van der Waals surface area contributed by atoms with E-state index in [4.69, 9.17) is 0 Å². The molecule has 2 aromatic rings. The monoisotopic (exact) mass is 244 g/mol. The summed E-state index contributed by atoms with van der Waals surface area (Å²) < 4.78 is 13.3. The van der Waals surface area contributed by atoms with Crippen molar-refractivity contribution in [3.8, 4) is 0 Å². The molecule has 0 spiro atoms. The largest absolute Gasteiger partial charge is 0.322 e. The van der Waals surface area contributed by atoms with Crippen LogP contribution in [0.5, 0.6) is 0 Å². The Morgan fingerprint density at radius 2 is 2.00 bits per heavy atom. The number of hydrogen-bond donors (Lipinski definition) is 1. The number of carbonyl (C=O) groups excluding carboxylic acids is 1. The molecular weight excluding hydrogens is 231 g/mol. The first kappa shape index (κ1) is 12.2. The van der Waals surface area contributed by atoms with Gasteiger partial charge in [0, 0.05) is 23.6 Å². The number of nitrogens with zero attached hydrogens (tertiary/aromatic N) is 1. The van der Waals surface area contributed by atoms with Gasteiger partial charge in [0.25, 0.3) is 5.91 Å². The van der Waals surface area contributed by atoms with Gasteiger partial charge < -0.3 is 5.32 Å². The Hall–Kier alpha value is -2.23. The quantitative estimate of drug-likeness (QED) is 0.901. The van der Waals surface area contributed by atoms with Gasteiger partial charge in [-0.15, -0.1) is 0 Å². The molecule has 92 valence electrons. The maximum atomic E-state index is 13.3. The van der Waals surface area contributed by atoms with Crippen molar-refractivity contribution >= 4 is 11.6 Å². The molecule has 0 saturated heterocycles. The molecule has 0 bridgehead atoms. The number of amides is 1. The van der Waals surface area contributed by atoms with E-state index in [-0.39, 0.29) is 11.7 Å². The molecule has 2 rings (SSSR count). The fourth-order valence-corrected chi connectivity index (χ4v) is 1.63. The van der Waals surface area contributed by atoms with Crippen molar-refractivity contribution in [2.45, 2.75) is 13.3 Å². The predicted molar refractivity (Wildman–Crippen MR) is 68.0 cm³/mol. The minimum absolute atomic E-state index is 0.230. The van der Waals surface area contributed by atoms with Gasteiger partial charge in [0.15, 0.2) is 0 Å². The standard InChI is InChI=1S/C14H13FN2O/c1-2-10-9-12(3-4-13(10)15)17-14(18)11-5-7-16-8-6-11/h3-9H,2H2,1H3,(H,17,18). The number of anilines is 1. The lowest BCUT2D eigenvalue weighted by atomic mass is 10.1. The molecule has 4 heteroatoms. The minimum atomic E-state index is -0.251. The SMILES string of the molecule is CCc1cc(NC(=O)c2ccncc2)ccc1F. The van der Waals surface area contributed by atoms with Crippen LogP contribution >= 0.6 is 0 Å². The van der Waals surface area contributed by atoms with Gasteiger partial charge in [0.2, 0.25) is 0 Å². The first-order chi connectivity index (χ1) is 8.70. The van der Waals surface area contributed by atoms with Crippen LogP contribution in [0.15, 0.2) is 42.7 Å². The lowest BCUT2D eigenvalue weighted by Gasteiger charge is -2.07. The highest BCUT2D eigenvalue weighted by atomic mass is 19.1. The van der Waals surface area contributed by atoms with Gasteiger partial charge in [0.1, 0.15) is 5.82 Å². The van der Waals surface area contributed by atoms with Crippen molar-refractivity contribution in [3.05, 3.63) is 59.7 Å². The Morgan fingerprint density at radius 1 is 1.28 bits per heavy atom. The predicted octanol–water partition coefficient (Wildman–Crippen LogP) is 3.04. The van der Waals surface area contributed by atoms with E-state index in [1.54, 1.807) is 36.7 Å². The van der Waals surface area contributed by atoms with Gasteiger partial charge in [-0.3, -0.25) is 9.78 Å². The summed E-state index contributed by atoms with van der Waals surface area (Å²) in [5.41, 5.74) is 1.70. The number of pyridine rings is 1. The fourth-order valence-electron chi connectivity index (χ4n) is 1.63. The van der Waals surface area contributed by atoms with E-state index >= 15 is 0 Å². The second-order valence-electron chi connectivity index (χ2n) is 3.85. The smallest absolute Gasteiger partial charge is 0.255 e. The van der Waals surface area contributed by atoms with Crippen molar-refractivity contribution in [2.24, 2.45) is 0 Å². The highest BCUT2D eigenvalue weighted by Crippen LogP contribution is 2.16. The molecule has 0 aliphatic heterocycles. The van der Waals surface area contributed by atoms with Gasteiger partial charge in [-0.2, -0.15) is 0 Å². The number of aryl methyl sites for hydroxylation is 1. The Kier molecular flexibility index (Phi) is 3.67. The van der Waals surface area contributed by atoms with Crippen LogP contribution in [0.2, 0.25) is 0 Å².